The van der Waals surface area contributed by atoms with Gasteiger partial charge in [-0.2, -0.15) is 0 Å². The second kappa shape index (κ2) is 16.6. The van der Waals surface area contributed by atoms with E-state index < -0.39 is 60.2 Å². The van der Waals surface area contributed by atoms with Crippen molar-refractivity contribution < 1.29 is 34.2 Å². The number of amides is 4. The van der Waals surface area contributed by atoms with Crippen molar-refractivity contribution in [3.63, 3.8) is 0 Å². The number of primary amides is 1. The van der Waals surface area contributed by atoms with Crippen LogP contribution in [0.2, 0.25) is 0 Å². The molecule has 0 saturated carbocycles. The Morgan fingerprint density at radius 2 is 1.27 bits per heavy atom. The second-order valence-corrected chi connectivity index (χ2v) is 9.64. The maximum Gasteiger partial charge on any atom is 0.326 e. The van der Waals surface area contributed by atoms with Crippen LogP contribution in [-0.4, -0.2) is 70.5 Å². The third kappa shape index (κ3) is 11.6. The number of rotatable bonds is 17. The van der Waals surface area contributed by atoms with Gasteiger partial charge in [0.05, 0.1) is 12.5 Å². The van der Waals surface area contributed by atoms with Gasteiger partial charge in [-0.25, -0.2) is 4.79 Å². The van der Waals surface area contributed by atoms with Crippen molar-refractivity contribution in [3.05, 3.63) is 65.7 Å². The van der Waals surface area contributed by atoms with Crippen LogP contribution < -0.4 is 33.2 Å². The maximum absolute atomic E-state index is 13.3. The van der Waals surface area contributed by atoms with Gasteiger partial charge in [-0.15, -0.1) is 0 Å². The highest BCUT2D eigenvalue weighted by Gasteiger charge is 2.31. The van der Waals surface area contributed by atoms with Crippen molar-refractivity contribution in [2.45, 2.75) is 62.7 Å². The first-order chi connectivity index (χ1) is 19.5. The van der Waals surface area contributed by atoms with Crippen molar-refractivity contribution in [3.8, 4) is 5.75 Å². The Bertz CT molecular complexity index is 1180. The summed E-state index contributed by atoms with van der Waals surface area (Å²) in [6.45, 7) is 0.453. The molecule has 2 aromatic rings. The van der Waals surface area contributed by atoms with Crippen molar-refractivity contribution >= 4 is 29.6 Å². The molecule has 0 aliphatic rings. The summed E-state index contributed by atoms with van der Waals surface area (Å²) in [5, 5.41) is 26.5. The molecule has 0 heterocycles. The minimum absolute atomic E-state index is 0.0115. The Balaban J connectivity index is 2.20. The maximum atomic E-state index is 13.3. The molecule has 0 radical (unpaired) electrons. The summed E-state index contributed by atoms with van der Waals surface area (Å²) in [6.07, 6.45) is 0.963. The van der Waals surface area contributed by atoms with Crippen LogP contribution in [0.4, 0.5) is 0 Å². The monoisotopic (exact) mass is 570 g/mol. The van der Waals surface area contributed by atoms with Crippen molar-refractivity contribution in [2.75, 3.05) is 6.54 Å². The van der Waals surface area contributed by atoms with Gasteiger partial charge in [0.1, 0.15) is 23.9 Å². The van der Waals surface area contributed by atoms with Crippen LogP contribution in [0.15, 0.2) is 54.6 Å². The standard InChI is InChI=1S/C28H38N6O7/c29-13-5-4-8-20(30)25(37)32-21(14-17-6-2-1-3-7-17)26(38)33-22(16-24(31)36)27(39)34-23(28(40)41)15-18-9-11-19(35)12-10-18/h1-3,6-7,9-12,20-23,35H,4-5,8,13-16,29-30H2,(H2,31,36)(H,32,37)(H,33,38)(H,34,39)(H,40,41). The lowest BCUT2D eigenvalue weighted by Crippen LogP contribution is -2.58. The fraction of sp³-hybridized carbons (Fsp3) is 0.393. The molecule has 0 saturated heterocycles. The number of nitrogens with two attached hydrogens (primary N) is 3. The van der Waals surface area contributed by atoms with E-state index in [1.807, 2.05) is 0 Å². The molecule has 41 heavy (non-hydrogen) atoms. The number of phenols is 1. The average Bonchev–Trinajstić information content (AvgIpc) is 2.93. The highest BCUT2D eigenvalue weighted by molar-refractivity contribution is 5.96. The Morgan fingerprint density at radius 3 is 1.85 bits per heavy atom. The number of nitrogens with one attached hydrogen (secondary N) is 3. The zero-order valence-electron chi connectivity index (χ0n) is 22.6. The van der Waals surface area contributed by atoms with E-state index in [2.05, 4.69) is 16.0 Å². The summed E-state index contributed by atoms with van der Waals surface area (Å²) < 4.78 is 0. The quantitative estimate of drug-likeness (QED) is 0.109. The van der Waals surface area contributed by atoms with Gasteiger partial charge in [0.2, 0.25) is 23.6 Å². The summed E-state index contributed by atoms with van der Waals surface area (Å²) in [7, 11) is 0. The van der Waals surface area contributed by atoms with Crippen LogP contribution >= 0.6 is 0 Å². The van der Waals surface area contributed by atoms with E-state index in [0.29, 0.717) is 36.9 Å². The van der Waals surface area contributed by atoms with Crippen LogP contribution in [0.1, 0.15) is 36.8 Å². The Labute approximate surface area is 237 Å². The van der Waals surface area contributed by atoms with Gasteiger partial charge in [-0.05, 0) is 42.6 Å². The lowest BCUT2D eigenvalue weighted by atomic mass is 10.0. The average molecular weight is 571 g/mol. The molecule has 4 atom stereocenters. The molecule has 0 aliphatic carbocycles. The molecule has 4 amide bonds. The number of phenolic OH excluding ortho intramolecular Hbond substituents is 1. The number of carboxylic acid groups (broad SMARTS) is 1. The number of carbonyl (C=O) groups is 5. The van der Waals surface area contributed by atoms with E-state index in [1.165, 1.54) is 24.3 Å². The predicted molar refractivity (Wildman–Crippen MR) is 150 cm³/mol. The fourth-order valence-electron chi connectivity index (χ4n) is 4.00. The molecule has 222 valence electrons. The van der Waals surface area contributed by atoms with Crippen molar-refractivity contribution in [2.24, 2.45) is 17.2 Å². The minimum Gasteiger partial charge on any atom is -0.508 e. The highest BCUT2D eigenvalue weighted by atomic mass is 16.4. The van der Waals surface area contributed by atoms with Gasteiger partial charge >= 0.3 is 5.97 Å². The minimum atomic E-state index is -1.52. The van der Waals surface area contributed by atoms with Gasteiger partial charge < -0.3 is 43.4 Å². The van der Waals surface area contributed by atoms with E-state index >= 15 is 0 Å². The van der Waals surface area contributed by atoms with E-state index in [-0.39, 0.29) is 18.6 Å². The normalized spacial score (nSPS) is 13.7. The Hall–Kier alpha value is -4.49. The lowest BCUT2D eigenvalue weighted by molar-refractivity contribution is -0.142. The number of carboxylic acids is 1. The molecule has 2 rings (SSSR count). The number of hydrogen-bond donors (Lipinski definition) is 8. The number of aliphatic carboxylic acids is 1. The first-order valence-corrected chi connectivity index (χ1v) is 13.2. The number of benzene rings is 2. The molecule has 0 fully saturated rings. The summed E-state index contributed by atoms with van der Waals surface area (Å²) >= 11 is 0. The zero-order valence-corrected chi connectivity index (χ0v) is 22.6. The van der Waals surface area contributed by atoms with Crippen molar-refractivity contribution in [1.29, 1.82) is 0 Å². The number of hydrogen-bond acceptors (Lipinski definition) is 8. The van der Waals surface area contributed by atoms with Crippen LogP contribution in [0.3, 0.4) is 0 Å². The second-order valence-electron chi connectivity index (χ2n) is 9.64. The van der Waals surface area contributed by atoms with Crippen LogP contribution in [0.5, 0.6) is 5.75 Å². The topological polar surface area (TPSA) is 240 Å². The Morgan fingerprint density at radius 1 is 0.732 bits per heavy atom. The van der Waals surface area contributed by atoms with E-state index in [0.717, 1.165) is 0 Å². The fourth-order valence-corrected chi connectivity index (χ4v) is 4.00. The number of unbranched alkanes of at least 4 members (excludes halogenated alkanes) is 1. The molecule has 0 spiro atoms. The summed E-state index contributed by atoms with van der Waals surface area (Å²) in [5.74, 6) is -4.60. The van der Waals surface area contributed by atoms with E-state index in [4.69, 9.17) is 17.2 Å². The molecule has 13 nitrogen and oxygen atoms in total. The first-order valence-electron chi connectivity index (χ1n) is 13.2. The SMILES string of the molecule is NCCCCC(N)C(=O)NC(Cc1ccccc1)C(=O)NC(CC(N)=O)C(=O)NC(Cc1ccc(O)cc1)C(=O)O. The smallest absolute Gasteiger partial charge is 0.326 e. The molecular weight excluding hydrogens is 532 g/mol. The molecule has 0 aromatic heterocycles. The zero-order chi connectivity index (χ0) is 30.4. The molecule has 4 unspecified atom stereocenters. The summed E-state index contributed by atoms with van der Waals surface area (Å²) in [5.41, 5.74) is 18.0. The lowest BCUT2D eigenvalue weighted by Gasteiger charge is -2.25. The Kier molecular flexibility index (Phi) is 13.2. The van der Waals surface area contributed by atoms with Gasteiger partial charge in [0, 0.05) is 12.8 Å². The number of aromatic hydroxyl groups is 1. The molecule has 0 bridgehead atoms. The van der Waals surface area contributed by atoms with Crippen molar-refractivity contribution in [1.82, 2.24) is 16.0 Å². The molecule has 2 aromatic carbocycles. The highest BCUT2D eigenvalue weighted by Crippen LogP contribution is 2.12. The van der Waals surface area contributed by atoms with Gasteiger partial charge in [-0.1, -0.05) is 48.9 Å². The van der Waals surface area contributed by atoms with Gasteiger partial charge in [0.15, 0.2) is 0 Å². The predicted octanol–water partition coefficient (Wildman–Crippen LogP) is -0.952. The third-order valence-corrected chi connectivity index (χ3v) is 6.25. The summed E-state index contributed by atoms with van der Waals surface area (Å²) in [4.78, 5) is 62.8. The molecule has 13 heteroatoms. The van der Waals surface area contributed by atoms with E-state index in [9.17, 15) is 34.2 Å². The van der Waals surface area contributed by atoms with E-state index in [1.54, 1.807) is 30.3 Å². The molecule has 11 N–H and O–H groups in total. The molecular formula is C28H38N6O7. The largest absolute Gasteiger partial charge is 0.508 e. The summed E-state index contributed by atoms with van der Waals surface area (Å²) in [6, 6.07) is 9.56. The van der Waals surface area contributed by atoms with Crippen LogP contribution in [0, 0.1) is 0 Å². The first kappa shape index (κ1) is 32.7. The third-order valence-electron chi connectivity index (χ3n) is 6.25. The van der Waals surface area contributed by atoms with Crippen LogP contribution in [0.25, 0.3) is 0 Å². The van der Waals surface area contributed by atoms with Gasteiger partial charge in [0.25, 0.3) is 0 Å². The number of carbonyl (C=O) groups excluding carboxylic acids is 4. The van der Waals surface area contributed by atoms with Crippen LogP contribution in [-0.2, 0) is 36.8 Å². The van der Waals surface area contributed by atoms with Gasteiger partial charge in [-0.3, -0.25) is 19.2 Å². The molecule has 0 aliphatic heterocycles.